The molecule has 0 saturated carbocycles. The van der Waals surface area contributed by atoms with Gasteiger partial charge in [0.05, 0.1) is 0 Å². The third-order valence-corrected chi connectivity index (χ3v) is 11.8. The van der Waals surface area contributed by atoms with E-state index >= 15 is 0 Å². The molecule has 5 heterocycles. The minimum absolute atomic E-state index is 1.19. The topological polar surface area (TPSA) is 0 Å². The van der Waals surface area contributed by atoms with Crippen molar-refractivity contribution in [3.8, 4) is 39.0 Å². The summed E-state index contributed by atoms with van der Waals surface area (Å²) in [4.78, 5) is 11.4. The second-order valence-corrected chi connectivity index (χ2v) is 13.3. The van der Waals surface area contributed by atoms with Crippen LogP contribution in [0, 0.1) is 0 Å². The predicted molar refractivity (Wildman–Crippen MR) is 155 cm³/mol. The molecule has 5 heteroatoms. The fourth-order valence-corrected chi connectivity index (χ4v) is 9.51. The van der Waals surface area contributed by atoms with E-state index < -0.39 is 0 Å². The number of hydrogen-bond acceptors (Lipinski definition) is 5. The molecule has 5 aromatic heterocycles. The van der Waals surface area contributed by atoms with Crippen LogP contribution in [0.25, 0.3) is 39.0 Å². The number of rotatable bonds is 10. The smallest absolute Gasteiger partial charge is 0.0484 e. The Balaban J connectivity index is 1.60. The maximum atomic E-state index is 2.36. The van der Waals surface area contributed by atoms with E-state index in [0.717, 1.165) is 0 Å². The van der Waals surface area contributed by atoms with Gasteiger partial charge in [0.2, 0.25) is 0 Å². The molecule has 0 atom stereocenters. The van der Waals surface area contributed by atoms with Crippen LogP contribution in [-0.4, -0.2) is 0 Å². The number of unbranched alkanes of at least 4 members (excludes halogenated alkanes) is 2. The van der Waals surface area contributed by atoms with Crippen LogP contribution in [0.4, 0.5) is 0 Å². The molecular weight excluding hydrogens is 497 g/mol. The third kappa shape index (κ3) is 4.98. The quantitative estimate of drug-likeness (QED) is 0.170. The van der Waals surface area contributed by atoms with Crippen molar-refractivity contribution in [1.82, 2.24) is 0 Å². The molecule has 0 N–H and O–H groups in total. The lowest BCUT2D eigenvalue weighted by Gasteiger charge is -2.08. The Hall–Kier alpha value is -1.50. The average Bonchev–Trinajstić information content (AvgIpc) is 3.65. The first-order chi connectivity index (χ1) is 16.3. The highest BCUT2D eigenvalue weighted by molar-refractivity contribution is 7.29. The molecule has 0 spiro atoms. The van der Waals surface area contributed by atoms with E-state index in [-0.39, 0.29) is 0 Å². The van der Waals surface area contributed by atoms with Gasteiger partial charge in [-0.05, 0) is 84.0 Å². The van der Waals surface area contributed by atoms with E-state index in [1.807, 2.05) is 56.7 Å². The highest BCUT2D eigenvalue weighted by atomic mass is 32.1. The van der Waals surface area contributed by atoms with E-state index in [2.05, 4.69) is 73.1 Å². The molecule has 0 aromatic carbocycles. The summed E-state index contributed by atoms with van der Waals surface area (Å²) in [6, 6.07) is 18.1. The largest absolute Gasteiger partial charge is 0.143 e. The highest BCUT2D eigenvalue weighted by Gasteiger charge is 2.22. The molecule has 33 heavy (non-hydrogen) atoms. The van der Waals surface area contributed by atoms with E-state index in [1.165, 1.54) is 77.5 Å². The van der Waals surface area contributed by atoms with E-state index in [1.54, 1.807) is 11.1 Å². The average molecular weight is 525 g/mol. The Morgan fingerprint density at radius 3 is 1.36 bits per heavy atom. The van der Waals surface area contributed by atoms with Crippen LogP contribution in [0.2, 0.25) is 0 Å². The Labute approximate surface area is 217 Å². The number of thiophene rings is 5. The first kappa shape index (κ1) is 23.3. The summed E-state index contributed by atoms with van der Waals surface area (Å²) in [5, 5.41) is 4.35. The lowest BCUT2D eigenvalue weighted by molar-refractivity contribution is 0.764. The molecule has 170 valence electrons. The van der Waals surface area contributed by atoms with Gasteiger partial charge in [-0.25, -0.2) is 0 Å². The summed E-state index contributed by atoms with van der Waals surface area (Å²) < 4.78 is 0. The molecule has 5 rings (SSSR count). The first-order valence-electron chi connectivity index (χ1n) is 11.7. The fourth-order valence-electron chi connectivity index (χ4n) is 4.16. The molecular formula is C28H28S5. The van der Waals surface area contributed by atoms with Gasteiger partial charge in [0.1, 0.15) is 0 Å². The lowest BCUT2D eigenvalue weighted by atomic mass is 9.97. The Kier molecular flexibility index (Phi) is 7.63. The standard InChI is InChI=1S/C28H28S5/c1-3-5-9-19-20(10-6-4-2)28(26-16-14-24(32-26)22-12-8-18-30-22)33-27(19)25-15-13-23(31-25)21-11-7-17-29-21/h7-8,11-18H,3-6,9-10H2,1-2H3. The minimum atomic E-state index is 1.19. The molecule has 0 bridgehead atoms. The van der Waals surface area contributed by atoms with E-state index in [4.69, 9.17) is 0 Å². The van der Waals surface area contributed by atoms with Crippen molar-refractivity contribution in [3.63, 3.8) is 0 Å². The van der Waals surface area contributed by atoms with Crippen LogP contribution < -0.4 is 0 Å². The van der Waals surface area contributed by atoms with Crippen LogP contribution in [0.1, 0.15) is 50.7 Å². The summed E-state index contributed by atoms with van der Waals surface area (Å²) >= 11 is 9.64. The van der Waals surface area contributed by atoms with Crippen molar-refractivity contribution in [1.29, 1.82) is 0 Å². The normalized spacial score (nSPS) is 11.5. The van der Waals surface area contributed by atoms with Gasteiger partial charge in [0, 0.05) is 39.0 Å². The monoisotopic (exact) mass is 524 g/mol. The zero-order chi connectivity index (χ0) is 22.6. The van der Waals surface area contributed by atoms with Crippen molar-refractivity contribution in [3.05, 3.63) is 70.4 Å². The first-order valence-corrected chi connectivity index (χ1v) is 15.9. The Bertz CT molecular complexity index is 1180. The molecule has 0 unspecified atom stereocenters. The Morgan fingerprint density at radius 2 is 0.970 bits per heavy atom. The highest BCUT2D eigenvalue weighted by Crippen LogP contribution is 2.49. The SMILES string of the molecule is CCCCc1c(-c2ccc(-c3cccs3)s2)sc(-c2ccc(-c3cccs3)s2)c1CCCC. The maximum absolute atomic E-state index is 2.36. The zero-order valence-corrected chi connectivity index (χ0v) is 23.1. The summed E-state index contributed by atoms with van der Waals surface area (Å²) in [5.74, 6) is 0. The second kappa shape index (κ2) is 10.8. The molecule has 0 aliphatic heterocycles. The van der Waals surface area contributed by atoms with E-state index in [9.17, 15) is 0 Å². The van der Waals surface area contributed by atoms with Gasteiger partial charge >= 0.3 is 0 Å². The molecule has 0 aliphatic rings. The van der Waals surface area contributed by atoms with Crippen molar-refractivity contribution < 1.29 is 0 Å². The zero-order valence-electron chi connectivity index (χ0n) is 19.1. The van der Waals surface area contributed by atoms with Crippen molar-refractivity contribution in [2.24, 2.45) is 0 Å². The van der Waals surface area contributed by atoms with Gasteiger partial charge in [-0.15, -0.1) is 56.7 Å². The molecule has 0 saturated heterocycles. The third-order valence-electron chi connectivity index (χ3n) is 5.86. The molecule has 0 amide bonds. The van der Waals surface area contributed by atoms with Crippen molar-refractivity contribution >= 4 is 56.7 Å². The summed E-state index contributed by atoms with van der Waals surface area (Å²) in [6.45, 7) is 4.62. The van der Waals surface area contributed by atoms with Gasteiger partial charge in [0.15, 0.2) is 0 Å². The van der Waals surface area contributed by atoms with Crippen molar-refractivity contribution in [2.75, 3.05) is 0 Å². The molecule has 5 aromatic rings. The molecule has 0 fully saturated rings. The van der Waals surface area contributed by atoms with Gasteiger partial charge < -0.3 is 0 Å². The maximum Gasteiger partial charge on any atom is 0.0484 e. The van der Waals surface area contributed by atoms with Gasteiger partial charge in [0.25, 0.3) is 0 Å². The van der Waals surface area contributed by atoms with Gasteiger partial charge in [-0.3, -0.25) is 0 Å². The molecule has 0 aliphatic carbocycles. The predicted octanol–water partition coefficient (Wildman–Crippen LogP) is 11.3. The van der Waals surface area contributed by atoms with Gasteiger partial charge in [-0.2, -0.15) is 0 Å². The number of hydrogen-bond donors (Lipinski definition) is 0. The molecule has 0 radical (unpaired) electrons. The Morgan fingerprint density at radius 1 is 0.515 bits per heavy atom. The van der Waals surface area contributed by atoms with Crippen LogP contribution in [0.5, 0.6) is 0 Å². The summed E-state index contributed by atoms with van der Waals surface area (Å²) in [7, 11) is 0. The summed E-state index contributed by atoms with van der Waals surface area (Å²) in [5.41, 5.74) is 3.24. The molecule has 0 nitrogen and oxygen atoms in total. The fraction of sp³-hybridized carbons (Fsp3) is 0.286. The van der Waals surface area contributed by atoms with Crippen LogP contribution in [0.15, 0.2) is 59.3 Å². The lowest BCUT2D eigenvalue weighted by Crippen LogP contribution is -1.94. The summed E-state index contributed by atoms with van der Waals surface area (Å²) in [6.07, 6.45) is 7.38. The van der Waals surface area contributed by atoms with Crippen LogP contribution >= 0.6 is 56.7 Å². The van der Waals surface area contributed by atoms with Gasteiger partial charge in [-0.1, -0.05) is 38.8 Å². The van der Waals surface area contributed by atoms with Crippen molar-refractivity contribution in [2.45, 2.75) is 52.4 Å². The van der Waals surface area contributed by atoms with E-state index in [0.29, 0.717) is 0 Å². The minimum Gasteiger partial charge on any atom is -0.143 e. The van der Waals surface area contributed by atoms with Crippen LogP contribution in [0.3, 0.4) is 0 Å². The van der Waals surface area contributed by atoms with Crippen LogP contribution in [-0.2, 0) is 12.8 Å². The second-order valence-electron chi connectivity index (χ2n) is 8.21.